The first-order valence-electron chi connectivity index (χ1n) is 12.7. The molecule has 0 unspecified atom stereocenters. The van der Waals surface area contributed by atoms with Gasteiger partial charge in [-0.15, -0.1) is 0 Å². The SMILES string of the molecule is CCCCOc1ccc(C(=O)NCC(=O)N/N=C\c2ccc(OC(=O)c3cccc4ccccc34)cc2)cc1. The first-order valence-corrected chi connectivity index (χ1v) is 12.7. The zero-order valence-electron chi connectivity index (χ0n) is 21.6. The lowest BCUT2D eigenvalue weighted by atomic mass is 10.0. The van der Waals surface area contributed by atoms with Crippen molar-refractivity contribution >= 4 is 34.8 Å². The van der Waals surface area contributed by atoms with Gasteiger partial charge < -0.3 is 14.8 Å². The Labute approximate surface area is 226 Å². The maximum atomic E-state index is 12.7. The second-order valence-electron chi connectivity index (χ2n) is 8.69. The zero-order valence-corrected chi connectivity index (χ0v) is 21.6. The molecule has 4 rings (SSSR count). The van der Waals surface area contributed by atoms with E-state index in [-0.39, 0.29) is 12.5 Å². The van der Waals surface area contributed by atoms with Crippen LogP contribution in [-0.2, 0) is 4.79 Å². The molecule has 0 saturated heterocycles. The van der Waals surface area contributed by atoms with Gasteiger partial charge in [-0.05, 0) is 77.4 Å². The van der Waals surface area contributed by atoms with Crippen molar-refractivity contribution in [2.75, 3.05) is 13.2 Å². The highest BCUT2D eigenvalue weighted by Crippen LogP contribution is 2.21. The van der Waals surface area contributed by atoms with Crippen molar-refractivity contribution in [3.05, 3.63) is 108 Å². The average molecular weight is 524 g/mol. The summed E-state index contributed by atoms with van der Waals surface area (Å²) in [6.07, 6.45) is 3.46. The van der Waals surface area contributed by atoms with Crippen LogP contribution in [-0.4, -0.2) is 37.1 Å². The van der Waals surface area contributed by atoms with Crippen LogP contribution in [0.5, 0.6) is 11.5 Å². The molecule has 0 heterocycles. The van der Waals surface area contributed by atoms with Gasteiger partial charge in [0, 0.05) is 5.56 Å². The predicted molar refractivity (Wildman–Crippen MR) is 150 cm³/mol. The lowest BCUT2D eigenvalue weighted by Crippen LogP contribution is -2.34. The standard InChI is InChI=1S/C31H29N3O5/c1-2-3-19-38-25-17-13-24(14-18-25)30(36)32-21-29(35)34-33-20-22-11-15-26(16-12-22)39-31(37)28-10-6-8-23-7-4-5-9-27(23)28/h4-18,20H,2-3,19,21H2,1H3,(H,32,36)(H,34,35)/b33-20-. The number of hydrogen-bond acceptors (Lipinski definition) is 6. The molecule has 39 heavy (non-hydrogen) atoms. The summed E-state index contributed by atoms with van der Waals surface area (Å²) in [5.41, 5.74) is 3.97. The summed E-state index contributed by atoms with van der Waals surface area (Å²) in [6.45, 7) is 2.49. The zero-order chi connectivity index (χ0) is 27.5. The van der Waals surface area contributed by atoms with Crippen LogP contribution in [0, 0.1) is 0 Å². The molecule has 0 radical (unpaired) electrons. The number of amides is 2. The van der Waals surface area contributed by atoms with Gasteiger partial charge in [0.1, 0.15) is 11.5 Å². The van der Waals surface area contributed by atoms with Crippen LogP contribution in [0.15, 0.2) is 96.1 Å². The molecule has 2 amide bonds. The van der Waals surface area contributed by atoms with Gasteiger partial charge in [-0.25, -0.2) is 10.2 Å². The summed E-state index contributed by atoms with van der Waals surface area (Å²) in [4.78, 5) is 37.0. The number of ether oxygens (including phenoxy) is 2. The van der Waals surface area contributed by atoms with E-state index in [1.165, 1.54) is 6.21 Å². The fourth-order valence-corrected chi connectivity index (χ4v) is 3.71. The third-order valence-electron chi connectivity index (χ3n) is 5.80. The van der Waals surface area contributed by atoms with Crippen LogP contribution in [0.2, 0.25) is 0 Å². The number of carbonyl (C=O) groups is 3. The molecule has 8 heteroatoms. The van der Waals surface area contributed by atoms with Gasteiger partial charge in [-0.2, -0.15) is 5.10 Å². The summed E-state index contributed by atoms with van der Waals surface area (Å²) >= 11 is 0. The fraction of sp³-hybridized carbons (Fsp3) is 0.161. The van der Waals surface area contributed by atoms with Gasteiger partial charge in [-0.1, -0.05) is 49.7 Å². The van der Waals surface area contributed by atoms with E-state index >= 15 is 0 Å². The summed E-state index contributed by atoms with van der Waals surface area (Å²) in [7, 11) is 0. The topological polar surface area (TPSA) is 106 Å². The van der Waals surface area contributed by atoms with E-state index < -0.39 is 11.9 Å². The molecule has 0 aliphatic heterocycles. The van der Waals surface area contributed by atoms with Gasteiger partial charge in [-0.3, -0.25) is 9.59 Å². The highest BCUT2D eigenvalue weighted by molar-refractivity contribution is 6.05. The van der Waals surface area contributed by atoms with Crippen LogP contribution in [0.3, 0.4) is 0 Å². The number of nitrogens with zero attached hydrogens (tertiary/aromatic N) is 1. The average Bonchev–Trinajstić information content (AvgIpc) is 2.97. The quantitative estimate of drug-likeness (QED) is 0.0934. The van der Waals surface area contributed by atoms with Gasteiger partial charge in [0.2, 0.25) is 0 Å². The number of nitrogens with one attached hydrogen (secondary N) is 2. The predicted octanol–water partition coefficient (Wildman–Crippen LogP) is 5.12. The van der Waals surface area contributed by atoms with Crippen molar-refractivity contribution in [3.63, 3.8) is 0 Å². The number of unbranched alkanes of at least 4 members (excludes halogenated alkanes) is 1. The van der Waals surface area contributed by atoms with E-state index in [2.05, 4.69) is 22.8 Å². The Balaban J connectivity index is 1.22. The van der Waals surface area contributed by atoms with Crippen molar-refractivity contribution in [1.29, 1.82) is 0 Å². The van der Waals surface area contributed by atoms with E-state index in [1.807, 2.05) is 36.4 Å². The molecule has 0 fully saturated rings. The van der Waals surface area contributed by atoms with Crippen LogP contribution < -0.4 is 20.2 Å². The normalized spacial score (nSPS) is 10.8. The summed E-state index contributed by atoms with van der Waals surface area (Å²) in [5, 5.41) is 8.25. The van der Waals surface area contributed by atoms with Crippen molar-refractivity contribution in [2.24, 2.45) is 5.10 Å². The molecule has 0 atom stereocenters. The minimum Gasteiger partial charge on any atom is -0.494 e. The lowest BCUT2D eigenvalue weighted by molar-refractivity contribution is -0.120. The maximum absolute atomic E-state index is 12.7. The molecule has 0 aliphatic rings. The number of benzene rings is 4. The second kappa shape index (κ2) is 13.5. The Hall–Kier alpha value is -4.98. The Morgan fingerprint density at radius 2 is 1.56 bits per heavy atom. The molecular formula is C31H29N3O5. The minimum absolute atomic E-state index is 0.228. The monoisotopic (exact) mass is 523 g/mol. The minimum atomic E-state index is -0.472. The fourth-order valence-electron chi connectivity index (χ4n) is 3.71. The van der Waals surface area contributed by atoms with Gasteiger partial charge in [0.05, 0.1) is 24.9 Å². The Kier molecular flexibility index (Phi) is 9.39. The number of hydrazone groups is 1. The van der Waals surface area contributed by atoms with Crippen LogP contribution in [0.4, 0.5) is 0 Å². The van der Waals surface area contributed by atoms with Crippen LogP contribution >= 0.6 is 0 Å². The van der Waals surface area contributed by atoms with E-state index in [0.717, 1.165) is 23.6 Å². The Morgan fingerprint density at radius 3 is 2.33 bits per heavy atom. The lowest BCUT2D eigenvalue weighted by Gasteiger charge is -2.07. The molecule has 0 aromatic heterocycles. The summed E-state index contributed by atoms with van der Waals surface area (Å²) in [5.74, 6) is -0.207. The van der Waals surface area contributed by atoms with E-state index in [1.54, 1.807) is 54.6 Å². The van der Waals surface area contributed by atoms with E-state index in [0.29, 0.717) is 34.8 Å². The van der Waals surface area contributed by atoms with E-state index in [4.69, 9.17) is 9.47 Å². The maximum Gasteiger partial charge on any atom is 0.344 e. The smallest absolute Gasteiger partial charge is 0.344 e. The Bertz CT molecular complexity index is 1460. The molecule has 0 saturated carbocycles. The van der Waals surface area contributed by atoms with Gasteiger partial charge in [0.25, 0.3) is 11.8 Å². The Morgan fingerprint density at radius 1 is 0.846 bits per heavy atom. The summed E-state index contributed by atoms with van der Waals surface area (Å²) in [6, 6.07) is 26.6. The molecule has 0 spiro atoms. The van der Waals surface area contributed by atoms with Crippen molar-refractivity contribution in [1.82, 2.24) is 10.7 Å². The molecule has 0 aliphatic carbocycles. The number of hydrogen-bond donors (Lipinski definition) is 2. The first-order chi connectivity index (χ1) is 19.0. The van der Waals surface area contributed by atoms with Gasteiger partial charge in [0.15, 0.2) is 0 Å². The largest absolute Gasteiger partial charge is 0.494 e. The third-order valence-corrected chi connectivity index (χ3v) is 5.80. The van der Waals surface area contributed by atoms with Crippen LogP contribution in [0.1, 0.15) is 46.0 Å². The third kappa shape index (κ3) is 7.75. The van der Waals surface area contributed by atoms with Crippen molar-refractivity contribution < 1.29 is 23.9 Å². The number of esters is 1. The number of carbonyl (C=O) groups excluding carboxylic acids is 3. The number of rotatable bonds is 11. The highest BCUT2D eigenvalue weighted by Gasteiger charge is 2.12. The molecule has 2 N–H and O–H groups in total. The van der Waals surface area contributed by atoms with Crippen LogP contribution in [0.25, 0.3) is 10.8 Å². The molecule has 4 aromatic rings. The van der Waals surface area contributed by atoms with Crippen molar-refractivity contribution in [3.8, 4) is 11.5 Å². The van der Waals surface area contributed by atoms with Crippen molar-refractivity contribution in [2.45, 2.75) is 19.8 Å². The molecule has 0 bridgehead atoms. The number of fused-ring (bicyclic) bond motifs is 1. The molecule has 4 aromatic carbocycles. The van der Waals surface area contributed by atoms with E-state index in [9.17, 15) is 14.4 Å². The molecular weight excluding hydrogens is 494 g/mol. The summed E-state index contributed by atoms with van der Waals surface area (Å²) < 4.78 is 11.1. The van der Waals surface area contributed by atoms with Gasteiger partial charge >= 0.3 is 5.97 Å². The first kappa shape index (κ1) is 27.1. The highest BCUT2D eigenvalue weighted by atomic mass is 16.5. The molecule has 198 valence electrons. The molecule has 8 nitrogen and oxygen atoms in total. The second-order valence-corrected chi connectivity index (χ2v) is 8.69.